The van der Waals surface area contributed by atoms with Crippen LogP contribution in [0.4, 0.5) is 4.79 Å². The van der Waals surface area contributed by atoms with E-state index in [9.17, 15) is 4.79 Å². The maximum Gasteiger partial charge on any atom is 0.315 e. The maximum atomic E-state index is 11.7. The van der Waals surface area contributed by atoms with Crippen LogP contribution in [0.25, 0.3) is 0 Å². The first-order valence-electron chi connectivity index (χ1n) is 7.67. The number of ether oxygens (including phenoxy) is 1. The second-order valence-electron chi connectivity index (χ2n) is 5.54. The Hall–Kier alpha value is -2.56. The van der Waals surface area contributed by atoms with Gasteiger partial charge in [-0.1, -0.05) is 17.7 Å². The smallest absolute Gasteiger partial charge is 0.315 e. The molecule has 0 bridgehead atoms. The van der Waals surface area contributed by atoms with Gasteiger partial charge in [0.05, 0.1) is 6.54 Å². The predicted octanol–water partition coefficient (Wildman–Crippen LogP) is 2.89. The van der Waals surface area contributed by atoms with E-state index in [1.807, 2.05) is 26.0 Å². The number of nitrogens with one attached hydrogen (secondary N) is 2. The first kappa shape index (κ1) is 16.8. The van der Waals surface area contributed by atoms with Crippen molar-refractivity contribution in [3.63, 3.8) is 0 Å². The number of hydrogen-bond donors (Lipinski definition) is 2. The Kier molecular flexibility index (Phi) is 5.97. The summed E-state index contributed by atoms with van der Waals surface area (Å²) in [5.74, 6) is 0.898. The average Bonchev–Trinajstić information content (AvgIpc) is 2.52. The second-order valence-corrected chi connectivity index (χ2v) is 5.54. The van der Waals surface area contributed by atoms with Gasteiger partial charge in [-0.2, -0.15) is 0 Å². The number of aromatic nitrogens is 1. The van der Waals surface area contributed by atoms with E-state index in [1.165, 1.54) is 5.56 Å². The topological polar surface area (TPSA) is 63.2 Å². The van der Waals surface area contributed by atoms with Gasteiger partial charge in [0, 0.05) is 18.9 Å². The van der Waals surface area contributed by atoms with E-state index < -0.39 is 0 Å². The van der Waals surface area contributed by atoms with Gasteiger partial charge in [-0.25, -0.2) is 4.79 Å². The van der Waals surface area contributed by atoms with Crippen LogP contribution in [0.5, 0.6) is 5.75 Å². The van der Waals surface area contributed by atoms with Crippen molar-refractivity contribution in [3.8, 4) is 5.75 Å². The summed E-state index contributed by atoms with van der Waals surface area (Å²) in [4.78, 5) is 15.6. The fourth-order valence-corrected chi connectivity index (χ4v) is 2.46. The lowest BCUT2D eigenvalue weighted by Gasteiger charge is -2.13. The molecule has 122 valence electrons. The maximum absolute atomic E-state index is 11.7. The number of amides is 2. The number of aryl methyl sites for hydroxylation is 3. The van der Waals surface area contributed by atoms with E-state index in [0.29, 0.717) is 19.7 Å². The molecule has 2 aromatic rings. The molecule has 0 aliphatic heterocycles. The monoisotopic (exact) mass is 313 g/mol. The van der Waals surface area contributed by atoms with Crippen LogP contribution in [0.15, 0.2) is 36.7 Å². The zero-order valence-electron chi connectivity index (χ0n) is 13.8. The number of urea groups is 1. The highest BCUT2D eigenvalue weighted by atomic mass is 16.5. The molecule has 2 rings (SSSR count). The number of hydrogen-bond acceptors (Lipinski definition) is 3. The van der Waals surface area contributed by atoms with Gasteiger partial charge in [0.2, 0.25) is 0 Å². The molecule has 0 saturated carbocycles. The van der Waals surface area contributed by atoms with Crippen LogP contribution in [0.1, 0.15) is 22.3 Å². The van der Waals surface area contributed by atoms with E-state index in [4.69, 9.17) is 4.74 Å². The van der Waals surface area contributed by atoms with Gasteiger partial charge in [0.15, 0.2) is 0 Å². The van der Waals surface area contributed by atoms with Crippen molar-refractivity contribution >= 4 is 6.03 Å². The highest BCUT2D eigenvalue weighted by molar-refractivity contribution is 5.73. The van der Waals surface area contributed by atoms with Crippen molar-refractivity contribution < 1.29 is 9.53 Å². The van der Waals surface area contributed by atoms with Crippen LogP contribution in [0.3, 0.4) is 0 Å². The molecule has 0 fully saturated rings. The number of rotatable bonds is 6. The molecule has 0 spiro atoms. The van der Waals surface area contributed by atoms with Crippen molar-refractivity contribution in [2.75, 3.05) is 13.2 Å². The minimum atomic E-state index is -0.206. The molecule has 1 aromatic heterocycles. The Morgan fingerprint density at radius 1 is 1.09 bits per heavy atom. The fourth-order valence-electron chi connectivity index (χ4n) is 2.46. The van der Waals surface area contributed by atoms with Crippen LogP contribution < -0.4 is 15.4 Å². The Labute approximate surface area is 137 Å². The first-order valence-corrected chi connectivity index (χ1v) is 7.67. The van der Waals surface area contributed by atoms with E-state index in [1.54, 1.807) is 12.4 Å². The molecule has 1 heterocycles. The Balaban J connectivity index is 1.70. The zero-order valence-corrected chi connectivity index (χ0v) is 13.8. The van der Waals surface area contributed by atoms with Crippen molar-refractivity contribution in [1.82, 2.24) is 15.6 Å². The zero-order chi connectivity index (χ0) is 16.7. The Bertz CT molecular complexity index is 634. The quantitative estimate of drug-likeness (QED) is 0.806. The highest BCUT2D eigenvalue weighted by Gasteiger charge is 2.05. The van der Waals surface area contributed by atoms with Crippen molar-refractivity contribution in [2.24, 2.45) is 0 Å². The predicted molar refractivity (Wildman–Crippen MR) is 90.6 cm³/mol. The summed E-state index contributed by atoms with van der Waals surface area (Å²) in [6.07, 6.45) is 3.41. The normalized spacial score (nSPS) is 10.2. The first-order chi connectivity index (χ1) is 11.1. The van der Waals surface area contributed by atoms with E-state index in [-0.39, 0.29) is 6.03 Å². The lowest BCUT2D eigenvalue weighted by Crippen LogP contribution is -2.37. The van der Waals surface area contributed by atoms with E-state index in [2.05, 4.69) is 34.7 Å². The van der Waals surface area contributed by atoms with Gasteiger partial charge in [-0.05, 0) is 49.6 Å². The summed E-state index contributed by atoms with van der Waals surface area (Å²) in [6, 6.07) is 7.72. The van der Waals surface area contributed by atoms with Gasteiger partial charge in [0.25, 0.3) is 0 Å². The molecule has 23 heavy (non-hydrogen) atoms. The third kappa shape index (κ3) is 5.29. The van der Waals surface area contributed by atoms with E-state index in [0.717, 1.165) is 22.4 Å². The summed E-state index contributed by atoms with van der Waals surface area (Å²) >= 11 is 0. The van der Waals surface area contributed by atoms with Gasteiger partial charge in [-0.3, -0.25) is 4.98 Å². The minimum Gasteiger partial charge on any atom is -0.491 e. The molecule has 0 aliphatic carbocycles. The van der Waals surface area contributed by atoms with Crippen LogP contribution >= 0.6 is 0 Å². The van der Waals surface area contributed by atoms with Gasteiger partial charge >= 0.3 is 6.03 Å². The Morgan fingerprint density at radius 3 is 2.39 bits per heavy atom. The molecule has 0 aliphatic rings. The molecule has 5 nitrogen and oxygen atoms in total. The lowest BCUT2D eigenvalue weighted by molar-refractivity contribution is 0.236. The molecule has 0 atom stereocenters. The lowest BCUT2D eigenvalue weighted by atomic mass is 10.1. The van der Waals surface area contributed by atoms with Crippen molar-refractivity contribution in [3.05, 3.63) is 58.9 Å². The van der Waals surface area contributed by atoms with Gasteiger partial charge in [-0.15, -0.1) is 0 Å². The summed E-state index contributed by atoms with van der Waals surface area (Å²) in [5.41, 5.74) is 4.47. The average molecular weight is 313 g/mol. The number of carbonyl (C=O) groups excluding carboxylic acids is 1. The highest BCUT2D eigenvalue weighted by Crippen LogP contribution is 2.24. The largest absolute Gasteiger partial charge is 0.491 e. The van der Waals surface area contributed by atoms with Crippen LogP contribution in [0.2, 0.25) is 0 Å². The SMILES string of the molecule is Cc1cc(C)c(OCCNC(=O)NCc2ccncc2)c(C)c1. The van der Waals surface area contributed by atoms with Crippen LogP contribution in [-0.2, 0) is 6.54 Å². The van der Waals surface area contributed by atoms with Gasteiger partial charge < -0.3 is 15.4 Å². The number of nitrogens with zero attached hydrogens (tertiary/aromatic N) is 1. The third-order valence-electron chi connectivity index (χ3n) is 3.44. The summed E-state index contributed by atoms with van der Waals surface area (Å²) in [5, 5.41) is 5.58. The number of pyridine rings is 1. The molecule has 0 saturated heterocycles. The fraction of sp³-hybridized carbons (Fsp3) is 0.333. The third-order valence-corrected chi connectivity index (χ3v) is 3.44. The van der Waals surface area contributed by atoms with Gasteiger partial charge in [0.1, 0.15) is 12.4 Å². The molecule has 0 radical (unpaired) electrons. The molecule has 5 heteroatoms. The molecular formula is C18H23N3O2. The summed E-state index contributed by atoms with van der Waals surface area (Å²) in [6.45, 7) is 7.50. The molecule has 0 unspecified atom stereocenters. The van der Waals surface area contributed by atoms with Crippen LogP contribution in [-0.4, -0.2) is 24.2 Å². The second kappa shape index (κ2) is 8.17. The molecule has 2 amide bonds. The minimum absolute atomic E-state index is 0.206. The van der Waals surface area contributed by atoms with Crippen LogP contribution in [0, 0.1) is 20.8 Å². The van der Waals surface area contributed by atoms with E-state index >= 15 is 0 Å². The molecule has 2 N–H and O–H groups in total. The number of benzene rings is 1. The van der Waals surface area contributed by atoms with Crippen molar-refractivity contribution in [2.45, 2.75) is 27.3 Å². The Morgan fingerprint density at radius 2 is 1.74 bits per heavy atom. The molecular weight excluding hydrogens is 290 g/mol. The molecule has 1 aromatic carbocycles. The van der Waals surface area contributed by atoms with Crippen molar-refractivity contribution in [1.29, 1.82) is 0 Å². The summed E-state index contributed by atoms with van der Waals surface area (Å²) in [7, 11) is 0. The number of carbonyl (C=O) groups is 1. The summed E-state index contributed by atoms with van der Waals surface area (Å²) < 4.78 is 5.78. The standard InChI is InChI=1S/C18H23N3O2/c1-13-10-14(2)17(15(3)11-13)23-9-8-20-18(22)21-12-16-4-6-19-7-5-16/h4-7,10-11H,8-9,12H2,1-3H3,(H2,20,21,22).